The van der Waals surface area contributed by atoms with E-state index in [0.29, 0.717) is 23.4 Å². The van der Waals surface area contributed by atoms with Gasteiger partial charge in [-0.2, -0.15) is 0 Å². The van der Waals surface area contributed by atoms with Crippen molar-refractivity contribution in [3.8, 4) is 0 Å². The SMILES string of the molecule is CCC(Sc1cccc(NC(=O)/C(=C/c2ccccc2F)NC(=O)c2ccccc2)c1)C(=O)Nc1ccc(F)cc1. The van der Waals surface area contributed by atoms with Crippen LogP contribution in [0.1, 0.15) is 29.3 Å². The minimum absolute atomic E-state index is 0.133. The Balaban J connectivity index is 1.50. The molecule has 208 valence electrons. The van der Waals surface area contributed by atoms with Crippen LogP contribution in [0.5, 0.6) is 0 Å². The zero-order chi connectivity index (χ0) is 29.2. The molecule has 0 fully saturated rings. The summed E-state index contributed by atoms with van der Waals surface area (Å²) in [7, 11) is 0. The first-order valence-electron chi connectivity index (χ1n) is 12.8. The van der Waals surface area contributed by atoms with Gasteiger partial charge in [-0.1, -0.05) is 49.4 Å². The molecule has 0 aliphatic rings. The summed E-state index contributed by atoms with van der Waals surface area (Å²) in [4.78, 5) is 39.7. The van der Waals surface area contributed by atoms with Crippen LogP contribution in [-0.2, 0) is 9.59 Å². The first-order valence-corrected chi connectivity index (χ1v) is 13.7. The molecule has 41 heavy (non-hydrogen) atoms. The molecular formula is C32H27F2N3O3S. The summed E-state index contributed by atoms with van der Waals surface area (Å²) < 4.78 is 27.6. The lowest BCUT2D eigenvalue weighted by atomic mass is 10.1. The number of rotatable bonds is 10. The third kappa shape index (κ3) is 8.36. The van der Waals surface area contributed by atoms with Gasteiger partial charge in [0.15, 0.2) is 0 Å². The monoisotopic (exact) mass is 571 g/mol. The fraction of sp³-hybridized carbons (Fsp3) is 0.0938. The van der Waals surface area contributed by atoms with Crippen LogP contribution in [0.4, 0.5) is 20.2 Å². The number of amides is 3. The quantitative estimate of drug-likeness (QED) is 0.143. The molecule has 4 rings (SSSR count). The Kier molecular flexibility index (Phi) is 10.0. The molecule has 9 heteroatoms. The van der Waals surface area contributed by atoms with Crippen LogP contribution in [0.25, 0.3) is 6.08 Å². The lowest BCUT2D eigenvalue weighted by Gasteiger charge is -2.16. The number of nitrogens with one attached hydrogen (secondary N) is 3. The molecule has 0 aliphatic heterocycles. The van der Waals surface area contributed by atoms with Crippen LogP contribution in [0, 0.1) is 11.6 Å². The van der Waals surface area contributed by atoms with E-state index in [2.05, 4.69) is 16.0 Å². The van der Waals surface area contributed by atoms with Gasteiger partial charge >= 0.3 is 0 Å². The molecule has 6 nitrogen and oxygen atoms in total. The van der Waals surface area contributed by atoms with Crippen molar-refractivity contribution in [3.63, 3.8) is 0 Å². The summed E-state index contributed by atoms with van der Waals surface area (Å²) in [5, 5.41) is 7.68. The van der Waals surface area contributed by atoms with Crippen LogP contribution < -0.4 is 16.0 Å². The highest BCUT2D eigenvalue weighted by molar-refractivity contribution is 8.00. The summed E-state index contributed by atoms with van der Waals surface area (Å²) in [5.74, 6) is -2.35. The van der Waals surface area contributed by atoms with Crippen molar-refractivity contribution in [2.75, 3.05) is 10.6 Å². The Morgan fingerprint density at radius 2 is 1.51 bits per heavy atom. The lowest BCUT2D eigenvalue weighted by molar-refractivity contribution is -0.116. The molecule has 3 amide bonds. The van der Waals surface area contributed by atoms with Gasteiger partial charge in [-0.3, -0.25) is 14.4 Å². The van der Waals surface area contributed by atoms with Gasteiger partial charge in [-0.05, 0) is 73.2 Å². The van der Waals surface area contributed by atoms with Crippen LogP contribution in [-0.4, -0.2) is 23.0 Å². The van der Waals surface area contributed by atoms with Gasteiger partial charge < -0.3 is 16.0 Å². The van der Waals surface area contributed by atoms with Gasteiger partial charge in [0.1, 0.15) is 17.3 Å². The second-order valence-corrected chi connectivity index (χ2v) is 10.2. The average molecular weight is 572 g/mol. The van der Waals surface area contributed by atoms with Gasteiger partial charge in [0.05, 0.1) is 5.25 Å². The first kappa shape index (κ1) is 29.2. The highest BCUT2D eigenvalue weighted by Crippen LogP contribution is 2.29. The molecule has 0 bridgehead atoms. The Bertz CT molecular complexity index is 1560. The van der Waals surface area contributed by atoms with E-state index in [9.17, 15) is 23.2 Å². The van der Waals surface area contributed by atoms with Gasteiger partial charge in [0, 0.05) is 27.4 Å². The number of hydrogen-bond acceptors (Lipinski definition) is 4. The molecule has 1 atom stereocenters. The Hall–Kier alpha value is -4.76. The molecule has 4 aromatic carbocycles. The van der Waals surface area contributed by atoms with E-state index in [1.54, 1.807) is 60.7 Å². The van der Waals surface area contributed by atoms with Crippen molar-refractivity contribution in [1.29, 1.82) is 0 Å². The Morgan fingerprint density at radius 1 is 0.805 bits per heavy atom. The summed E-state index contributed by atoms with van der Waals surface area (Å²) >= 11 is 1.31. The molecule has 0 heterocycles. The van der Waals surface area contributed by atoms with Gasteiger partial charge in [0.2, 0.25) is 5.91 Å². The number of hydrogen-bond donors (Lipinski definition) is 3. The van der Waals surface area contributed by atoms with Crippen LogP contribution in [0.15, 0.2) is 114 Å². The minimum atomic E-state index is -0.652. The summed E-state index contributed by atoms with van der Waals surface area (Å²) in [6, 6.07) is 26.7. The van der Waals surface area contributed by atoms with Crippen molar-refractivity contribution in [1.82, 2.24) is 5.32 Å². The minimum Gasteiger partial charge on any atom is -0.325 e. The second kappa shape index (κ2) is 14.0. The number of carbonyl (C=O) groups is 3. The normalized spacial score (nSPS) is 11.8. The zero-order valence-corrected chi connectivity index (χ0v) is 22.9. The maximum Gasteiger partial charge on any atom is 0.272 e. The van der Waals surface area contributed by atoms with E-state index in [4.69, 9.17) is 0 Å². The van der Waals surface area contributed by atoms with Gasteiger partial charge in [-0.25, -0.2) is 8.78 Å². The van der Waals surface area contributed by atoms with Crippen molar-refractivity contribution in [3.05, 3.63) is 132 Å². The van der Waals surface area contributed by atoms with Gasteiger partial charge in [0.25, 0.3) is 11.8 Å². The molecule has 4 aromatic rings. The maximum absolute atomic E-state index is 14.4. The third-order valence-electron chi connectivity index (χ3n) is 5.88. The second-order valence-electron chi connectivity index (χ2n) is 8.89. The van der Waals surface area contributed by atoms with E-state index in [1.807, 2.05) is 6.92 Å². The van der Waals surface area contributed by atoms with E-state index in [-0.39, 0.29) is 17.2 Å². The molecule has 0 saturated carbocycles. The van der Waals surface area contributed by atoms with E-state index >= 15 is 0 Å². The van der Waals surface area contributed by atoms with Crippen molar-refractivity contribution >= 4 is 46.9 Å². The predicted molar refractivity (Wildman–Crippen MR) is 158 cm³/mol. The molecule has 0 saturated heterocycles. The van der Waals surface area contributed by atoms with E-state index < -0.39 is 28.7 Å². The number of carbonyl (C=O) groups excluding carboxylic acids is 3. The van der Waals surface area contributed by atoms with Crippen molar-refractivity contribution in [2.24, 2.45) is 0 Å². The predicted octanol–water partition coefficient (Wildman–Crippen LogP) is 6.88. The van der Waals surface area contributed by atoms with Gasteiger partial charge in [-0.15, -0.1) is 11.8 Å². The smallest absolute Gasteiger partial charge is 0.272 e. The number of halogens is 2. The van der Waals surface area contributed by atoms with E-state index in [1.165, 1.54) is 60.3 Å². The number of benzene rings is 4. The number of thioether (sulfide) groups is 1. The zero-order valence-electron chi connectivity index (χ0n) is 22.1. The average Bonchev–Trinajstić information content (AvgIpc) is 2.98. The molecule has 0 spiro atoms. The van der Waals surface area contributed by atoms with Crippen LogP contribution in [0.3, 0.4) is 0 Å². The summed E-state index contributed by atoms with van der Waals surface area (Å²) in [6.45, 7) is 1.88. The topological polar surface area (TPSA) is 87.3 Å². The maximum atomic E-state index is 14.4. The molecule has 1 unspecified atom stereocenters. The van der Waals surface area contributed by atoms with Crippen molar-refractivity contribution < 1.29 is 23.2 Å². The summed E-state index contributed by atoms with van der Waals surface area (Å²) in [5.41, 5.74) is 1.23. The standard InChI is InChI=1S/C32H27F2N3O3S/c1-2-29(32(40)35-24-17-15-23(33)16-18-24)41-26-13-8-12-25(20-26)36-31(39)28(19-22-11-6-7-14-27(22)34)37-30(38)21-9-4-3-5-10-21/h3-20,29H,2H2,1H3,(H,35,40)(H,36,39)(H,37,38)/b28-19-. The number of anilines is 2. The molecule has 3 N–H and O–H groups in total. The molecule has 0 radical (unpaired) electrons. The summed E-state index contributed by atoms with van der Waals surface area (Å²) in [6.07, 6.45) is 1.80. The molecular weight excluding hydrogens is 544 g/mol. The third-order valence-corrected chi connectivity index (χ3v) is 7.24. The van der Waals surface area contributed by atoms with Crippen molar-refractivity contribution in [2.45, 2.75) is 23.5 Å². The Morgan fingerprint density at radius 3 is 2.22 bits per heavy atom. The fourth-order valence-electron chi connectivity index (χ4n) is 3.78. The van der Waals surface area contributed by atoms with Crippen LogP contribution in [0.2, 0.25) is 0 Å². The van der Waals surface area contributed by atoms with E-state index in [0.717, 1.165) is 4.90 Å². The highest BCUT2D eigenvalue weighted by atomic mass is 32.2. The molecule has 0 aromatic heterocycles. The molecule has 0 aliphatic carbocycles. The van der Waals surface area contributed by atoms with Crippen LogP contribution >= 0.6 is 11.8 Å². The highest BCUT2D eigenvalue weighted by Gasteiger charge is 2.20. The Labute approximate surface area is 240 Å². The first-order chi connectivity index (χ1) is 19.8. The largest absolute Gasteiger partial charge is 0.325 e. The lowest BCUT2D eigenvalue weighted by Crippen LogP contribution is -2.30. The fourth-order valence-corrected chi connectivity index (χ4v) is 4.79.